The molecule has 2 aromatic rings. The Labute approximate surface area is 246 Å². The molecular formula is C28H50N6O5Si2. The molecule has 2 aliphatic heterocycles. The van der Waals surface area contributed by atoms with Gasteiger partial charge in [-0.3, -0.25) is 13.9 Å². The third-order valence-electron chi connectivity index (χ3n) is 8.71. The molecule has 0 saturated carbocycles. The van der Waals surface area contributed by atoms with Crippen LogP contribution in [-0.2, 0) is 25.1 Å². The number of fused-ring (bicyclic) bond motifs is 2. The lowest BCUT2D eigenvalue weighted by atomic mass is 10.1. The smallest absolute Gasteiger partial charge is 0.349 e. The first kappa shape index (κ1) is 32.0. The van der Waals surface area contributed by atoms with Gasteiger partial charge >= 0.3 is 8.56 Å². The van der Waals surface area contributed by atoms with Crippen LogP contribution in [0.4, 0.5) is 5.95 Å². The second-order valence-electron chi connectivity index (χ2n) is 15.2. The van der Waals surface area contributed by atoms with Gasteiger partial charge in [-0.05, 0) is 18.1 Å². The van der Waals surface area contributed by atoms with Crippen molar-refractivity contribution in [1.82, 2.24) is 24.0 Å². The number of nitrogens with zero attached hydrogens (tertiary/aromatic N) is 6. The molecule has 13 heteroatoms. The molecule has 2 aromatic heterocycles. The highest BCUT2D eigenvalue weighted by atomic mass is 28.4. The molecule has 0 spiro atoms. The highest BCUT2D eigenvalue weighted by molar-refractivity contribution is 6.74. The van der Waals surface area contributed by atoms with E-state index in [0.717, 1.165) is 0 Å². The molecule has 0 aromatic carbocycles. The number of imidazole rings is 1. The van der Waals surface area contributed by atoms with Crippen molar-refractivity contribution in [2.24, 2.45) is 12.0 Å². The third-order valence-corrected chi connectivity index (χ3v) is 18.3. The maximum atomic E-state index is 13.3. The summed E-state index contributed by atoms with van der Waals surface area (Å²) in [6.45, 7) is 24.8. The lowest BCUT2D eigenvalue weighted by Gasteiger charge is -2.54. The number of rotatable bonds is 5. The Hall–Kier alpha value is -1.91. The van der Waals surface area contributed by atoms with Crippen LogP contribution in [0.5, 0.6) is 0 Å². The summed E-state index contributed by atoms with van der Waals surface area (Å²) in [5, 5.41) is -0.419. The molecular weight excluding hydrogens is 557 g/mol. The molecule has 0 aliphatic carbocycles. The Morgan fingerprint density at radius 1 is 1.12 bits per heavy atom. The fourth-order valence-electron chi connectivity index (χ4n) is 5.69. The molecule has 4 heterocycles. The van der Waals surface area contributed by atoms with Crippen molar-refractivity contribution in [3.63, 3.8) is 0 Å². The van der Waals surface area contributed by atoms with Crippen molar-refractivity contribution < 1.29 is 18.0 Å². The Morgan fingerprint density at radius 2 is 1.73 bits per heavy atom. The third kappa shape index (κ3) is 5.49. The van der Waals surface area contributed by atoms with Gasteiger partial charge in [0.1, 0.15) is 18.3 Å². The van der Waals surface area contributed by atoms with E-state index in [1.807, 2.05) is 18.7 Å². The van der Waals surface area contributed by atoms with Gasteiger partial charge in [0.25, 0.3) is 5.56 Å². The number of hydrogen-bond acceptors (Lipinski definition) is 8. The van der Waals surface area contributed by atoms with E-state index in [0.29, 0.717) is 12.3 Å². The average molecular weight is 607 g/mol. The van der Waals surface area contributed by atoms with Crippen molar-refractivity contribution in [3.8, 4) is 0 Å². The maximum Gasteiger partial charge on any atom is 0.349 e. The summed E-state index contributed by atoms with van der Waals surface area (Å²) in [4.78, 5) is 28.7. The van der Waals surface area contributed by atoms with Crippen LogP contribution < -0.4 is 5.56 Å². The highest BCUT2D eigenvalue weighted by Crippen LogP contribution is 2.56. The lowest BCUT2D eigenvalue weighted by Crippen LogP contribution is -2.66. The van der Waals surface area contributed by atoms with Gasteiger partial charge in [0.15, 0.2) is 25.7 Å². The molecule has 0 amide bonds. The van der Waals surface area contributed by atoms with Gasteiger partial charge < -0.3 is 22.9 Å². The van der Waals surface area contributed by atoms with Crippen molar-refractivity contribution >= 4 is 40.3 Å². The zero-order chi connectivity index (χ0) is 30.9. The predicted molar refractivity (Wildman–Crippen MR) is 167 cm³/mol. The summed E-state index contributed by atoms with van der Waals surface area (Å²) >= 11 is 0. The zero-order valence-corrected chi connectivity index (χ0v) is 29.4. The van der Waals surface area contributed by atoms with E-state index in [4.69, 9.17) is 23.0 Å². The molecule has 2 fully saturated rings. The van der Waals surface area contributed by atoms with Crippen LogP contribution in [0.15, 0.2) is 16.1 Å². The van der Waals surface area contributed by atoms with Crippen molar-refractivity contribution in [2.75, 3.05) is 20.7 Å². The van der Waals surface area contributed by atoms with E-state index in [1.54, 1.807) is 24.6 Å². The Balaban J connectivity index is 1.87. The molecule has 41 heavy (non-hydrogen) atoms. The van der Waals surface area contributed by atoms with Gasteiger partial charge in [0.2, 0.25) is 5.95 Å². The topological polar surface area (TPSA) is 105 Å². The number of aliphatic imine (C=N–C) groups is 1. The second-order valence-corrected chi connectivity index (χ2v) is 24.7. The van der Waals surface area contributed by atoms with E-state index in [2.05, 4.69) is 85.4 Å². The molecule has 230 valence electrons. The van der Waals surface area contributed by atoms with Crippen LogP contribution in [0, 0.1) is 0 Å². The SMILES string of the molecule is CN(C)C=Nc1nc2c(ncn2[C@@H]2O[C@@H]3CO[Si](C(C)(C)C)(C(C)(C)C)O[C@@H]3C2O[Si](C)(C)C(C)(C)C)c(=O)n1C. The summed E-state index contributed by atoms with van der Waals surface area (Å²) in [6.07, 6.45) is 1.51. The number of hydrogen-bond donors (Lipinski definition) is 0. The van der Waals surface area contributed by atoms with Gasteiger partial charge in [-0.1, -0.05) is 62.3 Å². The predicted octanol–water partition coefficient (Wildman–Crippen LogP) is 5.10. The minimum Gasteiger partial charge on any atom is -0.407 e. The van der Waals surface area contributed by atoms with Crippen LogP contribution in [0.3, 0.4) is 0 Å². The minimum absolute atomic E-state index is 0.0391. The molecule has 0 radical (unpaired) electrons. The zero-order valence-electron chi connectivity index (χ0n) is 27.4. The van der Waals surface area contributed by atoms with E-state index >= 15 is 0 Å². The van der Waals surface area contributed by atoms with Crippen molar-refractivity contribution in [3.05, 3.63) is 16.7 Å². The molecule has 2 saturated heterocycles. The summed E-state index contributed by atoms with van der Waals surface area (Å²) in [5.74, 6) is 0.279. The normalized spacial score (nSPS) is 25.7. The Bertz CT molecular complexity index is 1350. The standard InChI is InChI=1S/C28H50N6O5Si2/c1-26(2,3)40(13,14)38-21-20-18(15-36-41(39-20,27(4,5)6)28(7,8)9)37-24(21)34-17-29-19-22(34)31-25(30-16-32(10)11)33(12)23(19)35/h16-18,20-21,24H,15H2,1-14H3/t18-,20+,21?,24-/m1/s1. The lowest BCUT2D eigenvalue weighted by molar-refractivity contribution is -0.0795. The maximum absolute atomic E-state index is 13.3. The molecule has 0 N–H and O–H groups in total. The van der Waals surface area contributed by atoms with Gasteiger partial charge in [0, 0.05) is 31.2 Å². The van der Waals surface area contributed by atoms with E-state index in [-0.39, 0.29) is 44.3 Å². The fraction of sp³-hybridized carbons (Fsp3) is 0.786. The van der Waals surface area contributed by atoms with E-state index in [9.17, 15) is 4.79 Å². The Morgan fingerprint density at radius 3 is 2.27 bits per heavy atom. The number of aromatic nitrogens is 4. The van der Waals surface area contributed by atoms with Crippen molar-refractivity contribution in [2.45, 2.75) is 115 Å². The molecule has 2 aliphatic rings. The first-order chi connectivity index (χ1) is 18.6. The molecule has 4 rings (SSSR count). The summed E-state index contributed by atoms with van der Waals surface area (Å²) in [5.41, 5.74) is 0.386. The molecule has 0 bridgehead atoms. The highest BCUT2D eigenvalue weighted by Gasteiger charge is 2.66. The van der Waals surface area contributed by atoms with Gasteiger partial charge in [-0.15, -0.1) is 0 Å². The van der Waals surface area contributed by atoms with Crippen LogP contribution in [0.1, 0.15) is 68.5 Å². The van der Waals surface area contributed by atoms with Crippen LogP contribution in [0.2, 0.25) is 28.2 Å². The van der Waals surface area contributed by atoms with Crippen molar-refractivity contribution in [1.29, 1.82) is 0 Å². The van der Waals surface area contributed by atoms with E-state index < -0.39 is 29.2 Å². The van der Waals surface area contributed by atoms with Crippen LogP contribution in [0.25, 0.3) is 11.2 Å². The summed E-state index contributed by atoms with van der Waals surface area (Å²) < 4.78 is 31.1. The van der Waals surface area contributed by atoms with Crippen LogP contribution >= 0.6 is 0 Å². The number of ether oxygens (including phenoxy) is 1. The molecule has 11 nitrogen and oxygen atoms in total. The van der Waals surface area contributed by atoms with E-state index in [1.165, 1.54) is 4.57 Å². The monoisotopic (exact) mass is 606 g/mol. The molecule has 4 atom stereocenters. The van der Waals surface area contributed by atoms with Crippen LogP contribution in [-0.4, -0.2) is 86.2 Å². The average Bonchev–Trinajstić information content (AvgIpc) is 3.38. The molecule has 1 unspecified atom stereocenters. The second kappa shape index (κ2) is 10.4. The van der Waals surface area contributed by atoms with Gasteiger partial charge in [0.05, 0.1) is 19.3 Å². The Kier molecular flexibility index (Phi) is 8.10. The first-order valence-corrected chi connectivity index (χ1v) is 19.1. The van der Waals surface area contributed by atoms with Gasteiger partial charge in [-0.2, -0.15) is 4.98 Å². The quantitative estimate of drug-likeness (QED) is 0.263. The first-order valence-electron chi connectivity index (χ1n) is 14.4. The fourth-order valence-corrected chi connectivity index (χ4v) is 11.9. The van der Waals surface area contributed by atoms with Gasteiger partial charge in [-0.25, -0.2) is 9.98 Å². The minimum atomic E-state index is -2.81. The summed E-state index contributed by atoms with van der Waals surface area (Å²) in [7, 11) is 0.265. The summed E-state index contributed by atoms with van der Waals surface area (Å²) in [6, 6.07) is 0. The largest absolute Gasteiger partial charge is 0.407 e.